The second-order valence-electron chi connectivity index (χ2n) is 6.62. The number of nitrogens with one attached hydrogen (secondary N) is 1. The molecule has 1 amide bonds. The highest BCUT2D eigenvalue weighted by molar-refractivity contribution is 5.94. The summed E-state index contributed by atoms with van der Waals surface area (Å²) in [5, 5.41) is 2.85. The van der Waals surface area contributed by atoms with Gasteiger partial charge in [0.15, 0.2) is 0 Å². The lowest BCUT2D eigenvalue weighted by atomic mass is 10.2. The van der Waals surface area contributed by atoms with Crippen LogP contribution in [0.5, 0.6) is 0 Å². The van der Waals surface area contributed by atoms with Gasteiger partial charge in [0.1, 0.15) is 17.4 Å². The van der Waals surface area contributed by atoms with Crippen molar-refractivity contribution in [3.8, 4) is 0 Å². The largest absolute Gasteiger partial charge is 0.467 e. The number of halogens is 1. The number of nitrogens with zero attached hydrogens (tertiary/aromatic N) is 3. The van der Waals surface area contributed by atoms with Crippen LogP contribution in [0.25, 0.3) is 0 Å². The summed E-state index contributed by atoms with van der Waals surface area (Å²) in [6.07, 6.45) is 3.24. The summed E-state index contributed by atoms with van der Waals surface area (Å²) in [5.74, 6) is 1.10. The van der Waals surface area contributed by atoms with Gasteiger partial charge < -0.3 is 19.5 Å². The van der Waals surface area contributed by atoms with Crippen LogP contribution < -0.4 is 15.1 Å². The number of anilines is 2. The van der Waals surface area contributed by atoms with E-state index >= 15 is 0 Å². The molecule has 0 aliphatic carbocycles. The Morgan fingerprint density at radius 1 is 1.07 bits per heavy atom. The Hall–Kier alpha value is -3.35. The molecule has 1 N–H and O–H groups in total. The van der Waals surface area contributed by atoms with Gasteiger partial charge in [-0.3, -0.25) is 4.79 Å². The third-order valence-corrected chi connectivity index (χ3v) is 4.81. The van der Waals surface area contributed by atoms with Crippen molar-refractivity contribution in [3.05, 3.63) is 78.1 Å². The highest BCUT2D eigenvalue weighted by Crippen LogP contribution is 2.20. The normalized spacial score (nSPS) is 14.2. The van der Waals surface area contributed by atoms with Crippen LogP contribution in [0.1, 0.15) is 16.1 Å². The molecule has 0 radical (unpaired) electrons. The summed E-state index contributed by atoms with van der Waals surface area (Å²) in [4.78, 5) is 21.2. The average Bonchev–Trinajstić information content (AvgIpc) is 3.26. The van der Waals surface area contributed by atoms with E-state index in [2.05, 4.69) is 20.1 Å². The van der Waals surface area contributed by atoms with E-state index in [0.29, 0.717) is 17.9 Å². The van der Waals surface area contributed by atoms with E-state index in [1.54, 1.807) is 36.7 Å². The first-order chi connectivity index (χ1) is 13.7. The fourth-order valence-corrected chi connectivity index (χ4v) is 3.26. The summed E-state index contributed by atoms with van der Waals surface area (Å²) >= 11 is 0. The van der Waals surface area contributed by atoms with E-state index in [9.17, 15) is 9.18 Å². The van der Waals surface area contributed by atoms with E-state index < -0.39 is 0 Å². The number of hydrogen-bond acceptors (Lipinski definition) is 5. The van der Waals surface area contributed by atoms with Crippen molar-refractivity contribution in [1.82, 2.24) is 10.3 Å². The van der Waals surface area contributed by atoms with Gasteiger partial charge in [0, 0.05) is 43.6 Å². The molecule has 3 heterocycles. The van der Waals surface area contributed by atoms with Crippen LogP contribution in [0.4, 0.5) is 15.9 Å². The van der Waals surface area contributed by atoms with Crippen molar-refractivity contribution in [2.75, 3.05) is 36.0 Å². The molecule has 0 saturated carbocycles. The molecule has 7 heteroatoms. The average molecular weight is 380 g/mol. The van der Waals surface area contributed by atoms with Gasteiger partial charge >= 0.3 is 0 Å². The number of pyridine rings is 1. The topological polar surface area (TPSA) is 61.6 Å². The minimum absolute atomic E-state index is 0.162. The molecule has 4 rings (SSSR count). The number of carbonyl (C=O) groups is 1. The van der Waals surface area contributed by atoms with E-state index in [1.807, 2.05) is 12.1 Å². The van der Waals surface area contributed by atoms with Gasteiger partial charge in [0.25, 0.3) is 5.91 Å². The first-order valence-electron chi connectivity index (χ1n) is 9.21. The van der Waals surface area contributed by atoms with Crippen molar-refractivity contribution < 1.29 is 13.6 Å². The number of carbonyl (C=O) groups excluding carboxylic acids is 1. The molecule has 3 aromatic rings. The SMILES string of the molecule is O=C(NCc1ccco1)c1ccnc(N2CCN(c3ccc(F)cc3)CC2)c1. The van der Waals surface area contributed by atoms with E-state index in [1.165, 1.54) is 12.1 Å². The molecule has 1 saturated heterocycles. The Bertz CT molecular complexity index is 920. The third-order valence-electron chi connectivity index (χ3n) is 4.81. The van der Waals surface area contributed by atoms with Crippen molar-refractivity contribution >= 4 is 17.4 Å². The zero-order valence-electron chi connectivity index (χ0n) is 15.3. The van der Waals surface area contributed by atoms with Gasteiger partial charge in [-0.2, -0.15) is 0 Å². The van der Waals surface area contributed by atoms with E-state index in [-0.39, 0.29) is 11.7 Å². The molecule has 0 bridgehead atoms. The van der Waals surface area contributed by atoms with Crippen molar-refractivity contribution in [2.45, 2.75) is 6.54 Å². The molecule has 1 aliphatic rings. The van der Waals surface area contributed by atoms with Crippen LogP contribution >= 0.6 is 0 Å². The Labute approximate surface area is 162 Å². The Balaban J connectivity index is 1.36. The number of hydrogen-bond donors (Lipinski definition) is 1. The maximum absolute atomic E-state index is 13.1. The van der Waals surface area contributed by atoms with Crippen LogP contribution in [0.2, 0.25) is 0 Å². The first-order valence-corrected chi connectivity index (χ1v) is 9.21. The second kappa shape index (κ2) is 8.12. The minimum Gasteiger partial charge on any atom is -0.467 e. The molecule has 0 unspecified atom stereocenters. The summed E-state index contributed by atoms with van der Waals surface area (Å²) in [5.41, 5.74) is 1.58. The Morgan fingerprint density at radius 2 is 1.82 bits per heavy atom. The highest BCUT2D eigenvalue weighted by Gasteiger charge is 2.19. The fraction of sp³-hybridized carbons (Fsp3) is 0.238. The number of rotatable bonds is 5. The number of piperazine rings is 1. The highest BCUT2D eigenvalue weighted by atomic mass is 19.1. The van der Waals surface area contributed by atoms with Crippen molar-refractivity contribution in [3.63, 3.8) is 0 Å². The van der Waals surface area contributed by atoms with E-state index in [4.69, 9.17) is 4.42 Å². The van der Waals surface area contributed by atoms with Crippen molar-refractivity contribution in [1.29, 1.82) is 0 Å². The number of amides is 1. The maximum Gasteiger partial charge on any atom is 0.251 e. The molecular formula is C21H21FN4O2. The van der Waals surface area contributed by atoms with Crippen LogP contribution in [0.3, 0.4) is 0 Å². The minimum atomic E-state index is -0.228. The van der Waals surface area contributed by atoms with Gasteiger partial charge in [-0.1, -0.05) is 0 Å². The summed E-state index contributed by atoms with van der Waals surface area (Å²) in [6.45, 7) is 3.52. The Kier molecular flexibility index (Phi) is 5.23. The predicted molar refractivity (Wildman–Crippen MR) is 105 cm³/mol. The van der Waals surface area contributed by atoms with Gasteiger partial charge in [0.2, 0.25) is 0 Å². The fourth-order valence-electron chi connectivity index (χ4n) is 3.26. The number of benzene rings is 1. The number of furan rings is 1. The molecule has 2 aromatic heterocycles. The smallest absolute Gasteiger partial charge is 0.251 e. The lowest BCUT2D eigenvalue weighted by Crippen LogP contribution is -2.46. The van der Waals surface area contributed by atoms with Gasteiger partial charge in [-0.15, -0.1) is 0 Å². The molecule has 1 fully saturated rings. The summed E-state index contributed by atoms with van der Waals surface area (Å²) < 4.78 is 18.3. The quantitative estimate of drug-likeness (QED) is 0.737. The summed E-state index contributed by atoms with van der Waals surface area (Å²) in [7, 11) is 0. The maximum atomic E-state index is 13.1. The van der Waals surface area contributed by atoms with E-state index in [0.717, 1.165) is 37.7 Å². The lowest BCUT2D eigenvalue weighted by Gasteiger charge is -2.36. The first kappa shape index (κ1) is 18.0. The molecule has 0 atom stereocenters. The molecule has 28 heavy (non-hydrogen) atoms. The Morgan fingerprint density at radius 3 is 2.54 bits per heavy atom. The molecule has 1 aromatic carbocycles. The molecule has 144 valence electrons. The van der Waals surface area contributed by atoms with Crippen LogP contribution in [-0.2, 0) is 6.54 Å². The number of aromatic nitrogens is 1. The van der Waals surface area contributed by atoms with Gasteiger partial charge in [-0.05, 0) is 48.5 Å². The van der Waals surface area contributed by atoms with Crippen LogP contribution in [0.15, 0.2) is 65.4 Å². The van der Waals surface area contributed by atoms with Crippen LogP contribution in [0, 0.1) is 5.82 Å². The van der Waals surface area contributed by atoms with Crippen LogP contribution in [-0.4, -0.2) is 37.1 Å². The molecular weight excluding hydrogens is 359 g/mol. The van der Waals surface area contributed by atoms with Crippen molar-refractivity contribution in [2.24, 2.45) is 0 Å². The zero-order valence-corrected chi connectivity index (χ0v) is 15.3. The summed E-state index contributed by atoms with van der Waals surface area (Å²) in [6, 6.07) is 13.7. The molecule has 1 aliphatic heterocycles. The second-order valence-corrected chi connectivity index (χ2v) is 6.62. The third kappa shape index (κ3) is 4.14. The lowest BCUT2D eigenvalue weighted by molar-refractivity contribution is 0.0948. The zero-order chi connectivity index (χ0) is 19.3. The van der Waals surface area contributed by atoms with Gasteiger partial charge in [-0.25, -0.2) is 9.37 Å². The predicted octanol–water partition coefficient (Wildman–Crippen LogP) is 3.07. The molecule has 0 spiro atoms. The molecule has 6 nitrogen and oxygen atoms in total. The monoisotopic (exact) mass is 380 g/mol. The standard InChI is InChI=1S/C21H21FN4O2/c22-17-3-5-18(6-4-17)25-9-11-26(12-10-25)20-14-16(7-8-23-20)21(27)24-15-19-2-1-13-28-19/h1-8,13-14H,9-12,15H2,(H,24,27). The van der Waals surface area contributed by atoms with Gasteiger partial charge in [0.05, 0.1) is 12.8 Å².